The Morgan fingerprint density at radius 2 is 1.78 bits per heavy atom. The number of likely N-dealkylation sites (N-methyl/N-ethyl adjacent to an activating group) is 1. The number of aromatic nitrogens is 1. The predicted octanol–water partition coefficient (Wildman–Crippen LogP) is 5.16. The van der Waals surface area contributed by atoms with E-state index in [9.17, 15) is 13.7 Å². The quantitative estimate of drug-likeness (QED) is 0.231. The topological polar surface area (TPSA) is 123 Å². The highest BCUT2D eigenvalue weighted by Gasteiger charge is 2.62. The lowest BCUT2D eigenvalue weighted by atomic mass is 9.80. The van der Waals surface area contributed by atoms with Crippen LogP contribution < -0.4 is 9.04 Å². The molecule has 11 nitrogen and oxygen atoms in total. The molecule has 3 aliphatic rings. The van der Waals surface area contributed by atoms with Crippen molar-refractivity contribution in [2.75, 3.05) is 50.7 Å². The molecule has 0 radical (unpaired) electrons. The van der Waals surface area contributed by atoms with Gasteiger partial charge in [-0.1, -0.05) is 30.7 Å². The summed E-state index contributed by atoms with van der Waals surface area (Å²) in [6.45, 7) is 8.25. The van der Waals surface area contributed by atoms with Crippen molar-refractivity contribution in [3.05, 3.63) is 106 Å². The number of oxazole rings is 1. The number of fused-ring (bicyclic) bond motifs is 1. The maximum absolute atomic E-state index is 15.5. The highest BCUT2D eigenvalue weighted by atomic mass is 35.5. The number of anilines is 1. The van der Waals surface area contributed by atoms with E-state index in [-0.39, 0.29) is 10.6 Å². The van der Waals surface area contributed by atoms with E-state index in [1.165, 1.54) is 30.5 Å². The van der Waals surface area contributed by atoms with Crippen molar-refractivity contribution in [1.82, 2.24) is 19.7 Å². The minimum atomic E-state index is -4.46. The number of carbonyl (C=O) groups is 1. The molecule has 2 atom stereocenters. The molecule has 3 aliphatic heterocycles. The van der Waals surface area contributed by atoms with Gasteiger partial charge in [0.2, 0.25) is 5.89 Å². The fraction of sp³-hybridized carbons (Fsp3) is 0.361. The van der Waals surface area contributed by atoms with Crippen LogP contribution in [0.15, 0.2) is 82.4 Å². The van der Waals surface area contributed by atoms with E-state index in [4.69, 9.17) is 20.8 Å². The van der Waals surface area contributed by atoms with Crippen molar-refractivity contribution < 1.29 is 22.4 Å². The zero-order valence-electron chi connectivity index (χ0n) is 27.4. The molecular weight excluding hydrogens is 664 g/mol. The Hall–Kier alpha value is -4.25. The second-order valence-electron chi connectivity index (χ2n) is 12.5. The molecule has 7 rings (SSSR count). The molecule has 0 aliphatic carbocycles. The van der Waals surface area contributed by atoms with Gasteiger partial charge >= 0.3 is 0 Å². The van der Waals surface area contributed by atoms with E-state index in [2.05, 4.69) is 21.7 Å². The van der Waals surface area contributed by atoms with Crippen LogP contribution in [0.3, 0.4) is 0 Å². The monoisotopic (exact) mass is 700 g/mol. The largest absolute Gasteiger partial charge is 0.496 e. The van der Waals surface area contributed by atoms with Crippen molar-refractivity contribution in [3.8, 4) is 11.8 Å². The summed E-state index contributed by atoms with van der Waals surface area (Å²) in [5.74, 6) is 0.206. The fourth-order valence-corrected chi connectivity index (χ4v) is 9.19. The zero-order chi connectivity index (χ0) is 34.3. The van der Waals surface area contributed by atoms with Crippen LogP contribution in [0.1, 0.15) is 54.0 Å². The molecule has 3 aromatic carbocycles. The highest BCUT2D eigenvalue weighted by molar-refractivity contribution is 7.93. The molecule has 0 saturated carbocycles. The number of rotatable bonds is 9. The Morgan fingerprint density at radius 1 is 1.02 bits per heavy atom. The number of piperazine rings is 1. The molecular formula is C36H37ClN6O5S. The molecule has 4 aromatic rings. The van der Waals surface area contributed by atoms with E-state index in [1.54, 1.807) is 31.5 Å². The molecule has 0 spiro atoms. The average molecular weight is 701 g/mol. The van der Waals surface area contributed by atoms with Gasteiger partial charge in [0.15, 0.2) is 5.54 Å². The fourth-order valence-electron chi connectivity index (χ4n) is 7.56. The number of hydrogen-bond donors (Lipinski definition) is 0. The summed E-state index contributed by atoms with van der Waals surface area (Å²) in [6, 6.07) is 17.8. The number of methoxy groups -OCH3 is 1. The first kappa shape index (κ1) is 33.3. The van der Waals surface area contributed by atoms with Crippen molar-refractivity contribution in [2.45, 2.75) is 42.8 Å². The third-order valence-corrected chi connectivity index (χ3v) is 11.9. The summed E-state index contributed by atoms with van der Waals surface area (Å²) in [5, 5.41) is 9.68. The average Bonchev–Trinajstić information content (AvgIpc) is 3.88. The van der Waals surface area contributed by atoms with E-state index >= 15 is 4.79 Å². The van der Waals surface area contributed by atoms with E-state index in [1.807, 2.05) is 29.2 Å². The summed E-state index contributed by atoms with van der Waals surface area (Å²) in [5.41, 5.74) is 0.756. The van der Waals surface area contributed by atoms with E-state index in [0.717, 1.165) is 42.6 Å². The lowest BCUT2D eigenvalue weighted by Crippen LogP contribution is -2.54. The first-order valence-electron chi connectivity index (χ1n) is 16.4. The van der Waals surface area contributed by atoms with Crippen LogP contribution in [0.25, 0.3) is 0 Å². The van der Waals surface area contributed by atoms with Gasteiger partial charge in [-0.2, -0.15) is 5.26 Å². The first-order valence-corrected chi connectivity index (χ1v) is 18.2. The van der Waals surface area contributed by atoms with Crippen LogP contribution in [0.2, 0.25) is 5.02 Å². The Bertz CT molecular complexity index is 2010. The molecule has 254 valence electrons. The number of hydrogen-bond acceptors (Lipinski definition) is 10. The number of sulfonamides is 1. The smallest absolute Gasteiger partial charge is 0.271 e. The molecule has 1 amide bonds. The minimum absolute atomic E-state index is 0.118. The maximum atomic E-state index is 15.5. The number of halogens is 1. The van der Waals surface area contributed by atoms with Crippen molar-refractivity contribution in [1.29, 1.82) is 5.26 Å². The second kappa shape index (κ2) is 13.2. The molecule has 49 heavy (non-hydrogen) atoms. The predicted molar refractivity (Wildman–Crippen MR) is 184 cm³/mol. The standard InChI is InChI=1S/C36H37ClN6O5S/c1-3-40-16-18-41(19-17-40)24-26-8-12-29(33(21-26)47-2)36(42-15-4-5-32(42)34-39-14-20-48-34)30-22-27(37)9-13-31(30)43(35(36)44)49(45,46)28-10-6-25(23-38)7-11-28/h6-14,20-22,32H,3-5,15-19,24H2,1-2H3/t32-,36?/m0/s1. The van der Waals surface area contributed by atoms with E-state index < -0.39 is 27.5 Å². The number of likely N-dealkylation sites (tertiary alicyclic amines) is 1. The minimum Gasteiger partial charge on any atom is -0.496 e. The Balaban J connectivity index is 1.41. The van der Waals surface area contributed by atoms with Gasteiger partial charge < -0.3 is 14.1 Å². The normalized spacial score (nSPS) is 22.0. The van der Waals surface area contributed by atoms with Gasteiger partial charge in [-0.25, -0.2) is 17.7 Å². The van der Waals surface area contributed by atoms with Crippen LogP contribution >= 0.6 is 11.6 Å². The summed E-state index contributed by atoms with van der Waals surface area (Å²) in [6.07, 6.45) is 4.41. The van der Waals surface area contributed by atoms with Crippen LogP contribution in [-0.4, -0.2) is 80.4 Å². The molecule has 2 saturated heterocycles. The van der Waals surface area contributed by atoms with Gasteiger partial charge in [0, 0.05) is 55.4 Å². The summed E-state index contributed by atoms with van der Waals surface area (Å²) in [7, 11) is -2.89. The van der Waals surface area contributed by atoms with Gasteiger partial charge in [0.05, 0.1) is 41.6 Å². The third-order valence-electron chi connectivity index (χ3n) is 9.98. The Morgan fingerprint density at radius 3 is 2.45 bits per heavy atom. The molecule has 0 N–H and O–H groups in total. The van der Waals surface area contributed by atoms with Gasteiger partial charge in [0.25, 0.3) is 15.9 Å². The zero-order valence-corrected chi connectivity index (χ0v) is 29.0. The van der Waals surface area contributed by atoms with Crippen molar-refractivity contribution >= 4 is 33.2 Å². The summed E-state index contributed by atoms with van der Waals surface area (Å²) in [4.78, 5) is 26.6. The molecule has 13 heteroatoms. The van der Waals surface area contributed by atoms with Gasteiger partial charge in [-0.05, 0) is 73.5 Å². The van der Waals surface area contributed by atoms with Crippen LogP contribution in [0.4, 0.5) is 5.69 Å². The van der Waals surface area contributed by atoms with Crippen molar-refractivity contribution in [3.63, 3.8) is 0 Å². The van der Waals surface area contributed by atoms with Gasteiger partial charge in [-0.15, -0.1) is 0 Å². The number of ether oxygens (including phenoxy) is 1. The van der Waals surface area contributed by atoms with Crippen LogP contribution in [-0.2, 0) is 26.9 Å². The third kappa shape index (κ3) is 5.59. The SMILES string of the molecule is CCN1CCN(Cc2ccc(C3(N4CCC[C@H]4c4ncco4)C(=O)N(S(=O)(=O)c4ccc(C#N)cc4)c4ccc(Cl)cc43)c(OC)c2)CC1. The molecule has 1 aromatic heterocycles. The Kier molecular flexibility index (Phi) is 8.98. The summed E-state index contributed by atoms with van der Waals surface area (Å²) < 4.78 is 41.8. The lowest BCUT2D eigenvalue weighted by Gasteiger charge is -2.41. The number of nitrogens with zero attached hydrogens (tertiary/aromatic N) is 6. The second-order valence-corrected chi connectivity index (χ2v) is 14.8. The number of benzene rings is 3. The molecule has 2 fully saturated rings. The number of nitriles is 1. The first-order chi connectivity index (χ1) is 23.7. The molecule has 4 heterocycles. The maximum Gasteiger partial charge on any atom is 0.271 e. The molecule has 1 unspecified atom stereocenters. The molecule has 0 bridgehead atoms. The Labute approximate surface area is 291 Å². The van der Waals surface area contributed by atoms with Gasteiger partial charge in [0.1, 0.15) is 12.0 Å². The van der Waals surface area contributed by atoms with Crippen molar-refractivity contribution in [2.24, 2.45) is 0 Å². The van der Waals surface area contributed by atoms with Crippen LogP contribution in [0.5, 0.6) is 5.75 Å². The highest BCUT2D eigenvalue weighted by Crippen LogP contribution is 2.56. The number of amides is 1. The lowest BCUT2D eigenvalue weighted by molar-refractivity contribution is -0.127. The van der Waals surface area contributed by atoms with Crippen LogP contribution in [0, 0.1) is 11.3 Å². The van der Waals surface area contributed by atoms with Gasteiger partial charge in [-0.3, -0.25) is 14.6 Å². The number of carbonyl (C=O) groups excluding carboxylic acids is 1. The van der Waals surface area contributed by atoms with E-state index in [0.29, 0.717) is 59.3 Å². The summed E-state index contributed by atoms with van der Waals surface area (Å²) >= 11 is 6.67.